The van der Waals surface area contributed by atoms with Crippen LogP contribution in [0.3, 0.4) is 0 Å². The van der Waals surface area contributed by atoms with Crippen molar-refractivity contribution in [1.82, 2.24) is 0 Å². The maximum atomic E-state index is 10.4. The van der Waals surface area contributed by atoms with Gasteiger partial charge in [0.2, 0.25) is 0 Å². The van der Waals surface area contributed by atoms with Gasteiger partial charge < -0.3 is 15.0 Å². The number of benzene rings is 1. The number of carbonyl (C=O) groups excluding carboxylic acids is 1. The molecule has 0 aliphatic rings. The smallest absolute Gasteiger partial charge is 0.545 e. The minimum Gasteiger partial charge on any atom is -0.545 e. The second-order valence-electron chi connectivity index (χ2n) is 2.14. The predicted molar refractivity (Wildman–Crippen MR) is 43.5 cm³/mol. The molecule has 0 saturated carbocycles. The van der Waals surface area contributed by atoms with Crippen LogP contribution in [-0.4, -0.2) is 44.3 Å². The molecule has 13 heavy (non-hydrogen) atoms. The summed E-state index contributed by atoms with van der Waals surface area (Å²) in [4.78, 5) is 20.8. The second-order valence-corrected chi connectivity index (χ2v) is 2.14. The Kier molecular flexibility index (Phi) is 4.60. The molecule has 4 nitrogen and oxygen atoms in total. The van der Waals surface area contributed by atoms with E-state index in [4.69, 9.17) is 5.11 Å². The van der Waals surface area contributed by atoms with Crippen LogP contribution in [0.1, 0.15) is 20.7 Å². The van der Waals surface area contributed by atoms with Crippen molar-refractivity contribution in [3.63, 3.8) is 0 Å². The standard InChI is InChI=1S/C8H6O4.Tl/c9-7(10)5-3-1-2-4-6(5)8(11)12;/h1-4H,(H,9,10)(H,11,12);/q;+1/p-1. The summed E-state index contributed by atoms with van der Waals surface area (Å²) in [5.74, 6) is -2.75. The molecule has 0 amide bonds. The Morgan fingerprint density at radius 3 is 1.92 bits per heavy atom. The van der Waals surface area contributed by atoms with Crippen molar-refractivity contribution in [3.8, 4) is 0 Å². The van der Waals surface area contributed by atoms with Crippen molar-refractivity contribution >= 4 is 39.2 Å². The number of hydrogen-bond acceptors (Lipinski definition) is 3. The first-order valence-electron chi connectivity index (χ1n) is 3.16. The second kappa shape index (κ2) is 4.95. The number of aromatic carboxylic acids is 2. The van der Waals surface area contributed by atoms with Gasteiger partial charge in [0, 0.05) is 5.56 Å². The maximum absolute atomic E-state index is 10.4. The van der Waals surface area contributed by atoms with E-state index in [1.165, 1.54) is 24.3 Å². The number of hydrogen-bond donors (Lipinski definition) is 1. The van der Waals surface area contributed by atoms with Crippen molar-refractivity contribution in [2.45, 2.75) is 0 Å². The molecule has 0 aliphatic heterocycles. The Bertz CT molecular complexity index is 302. The Morgan fingerprint density at radius 2 is 1.62 bits per heavy atom. The van der Waals surface area contributed by atoms with E-state index in [1.807, 2.05) is 0 Å². The summed E-state index contributed by atoms with van der Waals surface area (Å²) in [6, 6.07) is 5.31. The number of carboxylic acid groups (broad SMARTS) is 2. The van der Waals surface area contributed by atoms with E-state index in [1.54, 1.807) is 0 Å². The van der Waals surface area contributed by atoms with Crippen molar-refractivity contribution in [2.24, 2.45) is 0 Å². The molecule has 0 heterocycles. The van der Waals surface area contributed by atoms with Gasteiger partial charge in [-0.2, -0.15) is 0 Å². The van der Waals surface area contributed by atoms with Crippen molar-refractivity contribution in [3.05, 3.63) is 35.4 Å². The summed E-state index contributed by atoms with van der Waals surface area (Å²) in [7, 11) is 0. The summed E-state index contributed by atoms with van der Waals surface area (Å²) in [5, 5.41) is 18.9. The van der Waals surface area contributed by atoms with Crippen LogP contribution >= 0.6 is 0 Å². The van der Waals surface area contributed by atoms with Gasteiger partial charge in [0.15, 0.2) is 0 Å². The molecule has 1 rings (SSSR count). The number of carboxylic acids is 2. The fraction of sp³-hybridized carbons (Fsp3) is 0. The molecule has 1 aromatic rings. The van der Waals surface area contributed by atoms with Gasteiger partial charge in [-0.3, -0.25) is 0 Å². The van der Waals surface area contributed by atoms with E-state index in [-0.39, 0.29) is 38.4 Å². The van der Waals surface area contributed by atoms with Gasteiger partial charge in [-0.25, -0.2) is 4.79 Å². The molecule has 1 N–H and O–H groups in total. The Labute approximate surface area is 94.4 Å². The molecule has 0 radical (unpaired) electrons. The molecule has 0 saturated heterocycles. The van der Waals surface area contributed by atoms with Crippen LogP contribution in [-0.2, 0) is 0 Å². The molecule has 0 aromatic heterocycles. The third kappa shape index (κ3) is 2.80. The molecule has 0 unspecified atom stereocenters. The van der Waals surface area contributed by atoms with Gasteiger partial charge in [-0.05, 0) is 6.07 Å². The molecule has 0 bridgehead atoms. The van der Waals surface area contributed by atoms with Crippen LogP contribution in [0.2, 0.25) is 0 Å². The van der Waals surface area contributed by atoms with Crippen molar-refractivity contribution in [2.75, 3.05) is 0 Å². The minimum absolute atomic E-state index is 0. The topological polar surface area (TPSA) is 77.4 Å². The molecule has 0 spiro atoms. The van der Waals surface area contributed by atoms with Gasteiger partial charge in [-0.1, -0.05) is 18.2 Å². The quantitative estimate of drug-likeness (QED) is 0.704. The largest absolute Gasteiger partial charge is 1.00 e. The van der Waals surface area contributed by atoms with Crippen LogP contribution in [0.4, 0.5) is 0 Å². The third-order valence-electron chi connectivity index (χ3n) is 1.38. The van der Waals surface area contributed by atoms with Crippen LogP contribution in [0.15, 0.2) is 24.3 Å². The molecular formula is C8H5O4Tl. The van der Waals surface area contributed by atoms with Crippen molar-refractivity contribution in [1.29, 1.82) is 0 Å². The first kappa shape index (κ1) is 12.1. The number of carbonyl (C=O) groups is 2. The molecule has 0 fully saturated rings. The first-order chi connectivity index (χ1) is 5.63. The zero-order chi connectivity index (χ0) is 9.14. The summed E-state index contributed by atoms with van der Waals surface area (Å²) in [6.07, 6.45) is 0. The first-order valence-corrected chi connectivity index (χ1v) is 3.16. The minimum atomic E-state index is -1.48. The predicted octanol–water partition coefficient (Wildman–Crippen LogP) is -0.633. The van der Waals surface area contributed by atoms with E-state index in [2.05, 4.69) is 0 Å². The molecule has 0 atom stereocenters. The van der Waals surface area contributed by atoms with Gasteiger partial charge in [0.1, 0.15) is 0 Å². The van der Waals surface area contributed by atoms with Crippen molar-refractivity contribution < 1.29 is 19.8 Å². The SMILES string of the molecule is O=C([O-])c1ccccc1C(=O)O.[Tl+]. The maximum Gasteiger partial charge on any atom is 1.00 e. The van der Waals surface area contributed by atoms with Gasteiger partial charge in [0.25, 0.3) is 0 Å². The van der Waals surface area contributed by atoms with Crippen LogP contribution in [0, 0.1) is 0 Å². The Balaban J connectivity index is 0.00000144. The summed E-state index contributed by atoms with van der Waals surface area (Å²) < 4.78 is 0. The fourth-order valence-electron chi connectivity index (χ4n) is 0.848. The van der Waals surface area contributed by atoms with E-state index >= 15 is 0 Å². The van der Waals surface area contributed by atoms with Gasteiger partial charge in [-0.15, -0.1) is 0 Å². The monoisotopic (exact) mass is 370 g/mol. The Morgan fingerprint density at radius 1 is 1.15 bits per heavy atom. The average molecular weight is 370 g/mol. The molecular weight excluding hydrogens is 364 g/mol. The van der Waals surface area contributed by atoms with Crippen LogP contribution in [0.25, 0.3) is 0 Å². The molecule has 64 valence electrons. The summed E-state index contributed by atoms with van der Waals surface area (Å²) in [5.41, 5.74) is -0.553. The normalized spacial score (nSPS) is 8.62. The van der Waals surface area contributed by atoms with E-state index in [0.29, 0.717) is 0 Å². The van der Waals surface area contributed by atoms with Gasteiger partial charge >= 0.3 is 33.3 Å². The molecule has 1 aromatic carbocycles. The van der Waals surface area contributed by atoms with Crippen LogP contribution in [0.5, 0.6) is 0 Å². The number of rotatable bonds is 2. The third-order valence-corrected chi connectivity index (χ3v) is 1.38. The van der Waals surface area contributed by atoms with E-state index < -0.39 is 11.9 Å². The average Bonchev–Trinajstić information content (AvgIpc) is 2.04. The molecule has 5 heteroatoms. The molecule has 0 aliphatic carbocycles. The summed E-state index contributed by atoms with van der Waals surface area (Å²) >= 11 is 0. The zero-order valence-electron chi connectivity index (χ0n) is 6.56. The van der Waals surface area contributed by atoms with E-state index in [0.717, 1.165) is 0 Å². The fourth-order valence-corrected chi connectivity index (χ4v) is 0.848. The zero-order valence-corrected chi connectivity index (χ0v) is 11.0. The van der Waals surface area contributed by atoms with Gasteiger partial charge in [0.05, 0.1) is 11.5 Å². The Hall–Kier alpha value is -0.918. The van der Waals surface area contributed by atoms with E-state index in [9.17, 15) is 14.7 Å². The van der Waals surface area contributed by atoms with Crippen LogP contribution < -0.4 is 5.11 Å². The summed E-state index contributed by atoms with van der Waals surface area (Å²) in [6.45, 7) is 0.